The first-order valence-electron chi connectivity index (χ1n) is 5.23. The molecule has 0 aliphatic heterocycles. The molecule has 1 heterocycles. The number of benzene rings is 1. The van der Waals surface area contributed by atoms with Crippen molar-refractivity contribution in [2.24, 2.45) is 5.92 Å². The van der Waals surface area contributed by atoms with E-state index in [0.29, 0.717) is 0 Å². The zero-order valence-corrected chi connectivity index (χ0v) is 11.1. The highest BCUT2D eigenvalue weighted by molar-refractivity contribution is 7.21. The van der Waals surface area contributed by atoms with Crippen LogP contribution in [0.4, 0.5) is 0 Å². The van der Waals surface area contributed by atoms with Gasteiger partial charge in [-0.1, -0.05) is 25.4 Å². The zero-order chi connectivity index (χ0) is 11.9. The molecule has 0 saturated heterocycles. The maximum absolute atomic E-state index is 12.0. The molecule has 2 aromatic rings. The Hall–Kier alpha value is -0.860. The van der Waals surface area contributed by atoms with Crippen LogP contribution in [0.2, 0.25) is 5.02 Å². The molecule has 0 bridgehead atoms. The van der Waals surface area contributed by atoms with Crippen LogP contribution in [0.15, 0.2) is 18.2 Å². The lowest BCUT2D eigenvalue weighted by atomic mass is 10.0. The normalized spacial score (nSPS) is 11.3. The maximum Gasteiger partial charge on any atom is 0.175 e. The molecule has 0 fully saturated rings. The van der Waals surface area contributed by atoms with E-state index in [1.807, 2.05) is 39.0 Å². The van der Waals surface area contributed by atoms with E-state index in [0.717, 1.165) is 25.5 Å². The number of hydrogen-bond donors (Lipinski definition) is 0. The fourth-order valence-electron chi connectivity index (χ4n) is 1.69. The Morgan fingerprint density at radius 3 is 2.69 bits per heavy atom. The first kappa shape index (κ1) is 11.6. The Labute approximate surface area is 104 Å². The topological polar surface area (TPSA) is 17.1 Å². The molecule has 0 N–H and O–H groups in total. The van der Waals surface area contributed by atoms with Crippen molar-refractivity contribution in [3.05, 3.63) is 33.7 Å². The summed E-state index contributed by atoms with van der Waals surface area (Å²) in [4.78, 5) is 12.9. The summed E-state index contributed by atoms with van der Waals surface area (Å²) in [6.07, 6.45) is 0. The number of hydrogen-bond acceptors (Lipinski definition) is 2. The summed E-state index contributed by atoms with van der Waals surface area (Å²) in [7, 11) is 0. The van der Waals surface area contributed by atoms with Gasteiger partial charge in [0.05, 0.1) is 4.88 Å². The SMILES string of the molecule is Cc1c(C(=O)C(C)C)sc2ccc(Cl)cc12. The van der Waals surface area contributed by atoms with Crippen molar-refractivity contribution in [1.82, 2.24) is 0 Å². The summed E-state index contributed by atoms with van der Waals surface area (Å²) in [6, 6.07) is 5.77. The maximum atomic E-state index is 12.0. The molecule has 0 atom stereocenters. The van der Waals surface area contributed by atoms with Crippen molar-refractivity contribution in [2.75, 3.05) is 0 Å². The fourth-order valence-corrected chi connectivity index (χ4v) is 3.14. The molecule has 1 aromatic carbocycles. The second kappa shape index (κ2) is 4.19. The Balaban J connectivity index is 2.65. The van der Waals surface area contributed by atoms with E-state index in [1.54, 1.807) is 11.3 Å². The van der Waals surface area contributed by atoms with Gasteiger partial charge >= 0.3 is 0 Å². The monoisotopic (exact) mass is 252 g/mol. The molecule has 2 rings (SSSR count). The smallest absolute Gasteiger partial charge is 0.175 e. The van der Waals surface area contributed by atoms with Gasteiger partial charge in [0.1, 0.15) is 0 Å². The number of Topliss-reactive ketones (excluding diaryl/α,β-unsaturated/α-hetero) is 1. The minimum Gasteiger partial charge on any atom is -0.293 e. The van der Waals surface area contributed by atoms with Gasteiger partial charge in [-0.05, 0) is 36.1 Å². The van der Waals surface area contributed by atoms with Crippen molar-refractivity contribution >= 4 is 38.8 Å². The van der Waals surface area contributed by atoms with Gasteiger partial charge < -0.3 is 0 Å². The van der Waals surface area contributed by atoms with E-state index in [1.165, 1.54) is 0 Å². The molecule has 84 valence electrons. The number of rotatable bonds is 2. The first-order valence-corrected chi connectivity index (χ1v) is 6.43. The number of ketones is 1. The van der Waals surface area contributed by atoms with Crippen LogP contribution in [-0.2, 0) is 0 Å². The predicted molar refractivity (Wildman–Crippen MR) is 70.7 cm³/mol. The number of aryl methyl sites for hydroxylation is 1. The third-order valence-electron chi connectivity index (χ3n) is 2.65. The Morgan fingerprint density at radius 2 is 2.06 bits per heavy atom. The third-order valence-corrected chi connectivity index (χ3v) is 4.17. The van der Waals surface area contributed by atoms with Crippen molar-refractivity contribution in [2.45, 2.75) is 20.8 Å². The van der Waals surface area contributed by atoms with Gasteiger partial charge in [0, 0.05) is 15.6 Å². The van der Waals surface area contributed by atoms with Gasteiger partial charge in [-0.2, -0.15) is 0 Å². The zero-order valence-electron chi connectivity index (χ0n) is 9.50. The van der Waals surface area contributed by atoms with E-state index in [4.69, 9.17) is 11.6 Å². The summed E-state index contributed by atoms with van der Waals surface area (Å²) in [5.74, 6) is 0.261. The molecule has 3 heteroatoms. The van der Waals surface area contributed by atoms with Gasteiger partial charge in [-0.15, -0.1) is 11.3 Å². The number of halogens is 1. The molecule has 0 aliphatic carbocycles. The predicted octanol–water partition coefficient (Wildman–Crippen LogP) is 4.70. The van der Waals surface area contributed by atoms with Crippen molar-refractivity contribution in [3.8, 4) is 0 Å². The minimum atomic E-state index is 0.0437. The lowest BCUT2D eigenvalue weighted by Gasteiger charge is -2.01. The highest BCUT2D eigenvalue weighted by atomic mass is 35.5. The van der Waals surface area contributed by atoms with E-state index in [-0.39, 0.29) is 11.7 Å². The van der Waals surface area contributed by atoms with Crippen molar-refractivity contribution < 1.29 is 4.79 Å². The molecule has 1 nitrogen and oxygen atoms in total. The number of carbonyl (C=O) groups is 1. The van der Waals surface area contributed by atoms with Gasteiger partial charge in [0.25, 0.3) is 0 Å². The molecule has 0 aliphatic rings. The molecular weight excluding hydrogens is 240 g/mol. The lowest BCUT2D eigenvalue weighted by Crippen LogP contribution is -2.06. The Bertz CT molecular complexity index is 554. The van der Waals surface area contributed by atoms with Gasteiger partial charge in [0.2, 0.25) is 0 Å². The Morgan fingerprint density at radius 1 is 1.38 bits per heavy atom. The lowest BCUT2D eigenvalue weighted by molar-refractivity contribution is 0.0943. The third kappa shape index (κ3) is 1.87. The highest BCUT2D eigenvalue weighted by Crippen LogP contribution is 2.33. The van der Waals surface area contributed by atoms with Crippen LogP contribution in [0.5, 0.6) is 0 Å². The van der Waals surface area contributed by atoms with E-state index >= 15 is 0 Å². The summed E-state index contributed by atoms with van der Waals surface area (Å²) in [5, 5.41) is 1.82. The number of fused-ring (bicyclic) bond motifs is 1. The van der Waals surface area contributed by atoms with Gasteiger partial charge in [0.15, 0.2) is 5.78 Å². The summed E-state index contributed by atoms with van der Waals surface area (Å²) >= 11 is 7.52. The Kier molecular flexibility index (Phi) is 3.04. The minimum absolute atomic E-state index is 0.0437. The second-order valence-electron chi connectivity index (χ2n) is 4.22. The largest absolute Gasteiger partial charge is 0.293 e. The first-order chi connectivity index (χ1) is 7.50. The molecule has 0 radical (unpaired) electrons. The van der Waals surface area contributed by atoms with Crippen LogP contribution < -0.4 is 0 Å². The van der Waals surface area contributed by atoms with Crippen LogP contribution in [-0.4, -0.2) is 5.78 Å². The molecule has 0 spiro atoms. The highest BCUT2D eigenvalue weighted by Gasteiger charge is 2.17. The van der Waals surface area contributed by atoms with Crippen LogP contribution in [0, 0.1) is 12.8 Å². The van der Waals surface area contributed by atoms with E-state index < -0.39 is 0 Å². The molecule has 1 aromatic heterocycles. The van der Waals surface area contributed by atoms with Crippen molar-refractivity contribution in [1.29, 1.82) is 0 Å². The summed E-state index contributed by atoms with van der Waals surface area (Å²) < 4.78 is 1.13. The standard InChI is InChI=1S/C13H13ClOS/c1-7(2)12(15)13-8(3)10-6-9(14)4-5-11(10)16-13/h4-7H,1-3H3. The van der Waals surface area contributed by atoms with Crippen LogP contribution in [0.1, 0.15) is 29.1 Å². The second-order valence-corrected chi connectivity index (χ2v) is 5.70. The van der Waals surface area contributed by atoms with Gasteiger partial charge in [-0.3, -0.25) is 4.79 Å². The molecule has 0 saturated carbocycles. The number of carbonyl (C=O) groups excluding carboxylic acids is 1. The van der Waals surface area contributed by atoms with E-state index in [2.05, 4.69) is 0 Å². The average Bonchev–Trinajstić information content (AvgIpc) is 2.55. The average molecular weight is 253 g/mol. The molecule has 0 amide bonds. The summed E-state index contributed by atoms with van der Waals surface area (Å²) in [5.41, 5.74) is 1.06. The van der Waals surface area contributed by atoms with Crippen LogP contribution in [0.25, 0.3) is 10.1 Å². The summed E-state index contributed by atoms with van der Waals surface area (Å²) in [6.45, 7) is 5.85. The molecular formula is C13H13ClOS. The van der Waals surface area contributed by atoms with E-state index in [9.17, 15) is 4.79 Å². The molecule has 16 heavy (non-hydrogen) atoms. The number of thiophene rings is 1. The van der Waals surface area contributed by atoms with Gasteiger partial charge in [-0.25, -0.2) is 0 Å². The molecule has 0 unspecified atom stereocenters. The van der Waals surface area contributed by atoms with Crippen LogP contribution >= 0.6 is 22.9 Å². The fraction of sp³-hybridized carbons (Fsp3) is 0.308. The van der Waals surface area contributed by atoms with Crippen molar-refractivity contribution in [3.63, 3.8) is 0 Å². The quantitative estimate of drug-likeness (QED) is 0.708. The van der Waals surface area contributed by atoms with Crippen LogP contribution in [0.3, 0.4) is 0 Å².